The molecule has 0 saturated carbocycles. The second-order valence-electron chi connectivity index (χ2n) is 5.00. The number of amidine groups is 1. The van der Waals surface area contributed by atoms with Crippen LogP contribution in [0.25, 0.3) is 10.9 Å². The monoisotopic (exact) mass is 287 g/mol. The minimum absolute atomic E-state index is 0.106. The average molecular weight is 287 g/mol. The van der Waals surface area contributed by atoms with E-state index >= 15 is 0 Å². The van der Waals surface area contributed by atoms with Gasteiger partial charge in [-0.3, -0.25) is 10.1 Å². The minimum Gasteiger partial charge on any atom is -0.497 e. The second kappa shape index (κ2) is 5.12. The molecule has 0 radical (unpaired) electrons. The zero-order valence-corrected chi connectivity index (χ0v) is 12.1. The van der Waals surface area contributed by atoms with Crippen molar-refractivity contribution >= 4 is 22.8 Å². The van der Waals surface area contributed by atoms with Crippen molar-refractivity contribution < 1.29 is 14.3 Å². The first-order valence-electron chi connectivity index (χ1n) is 6.73. The number of hydrogen-bond acceptors (Lipinski definition) is 4. The largest absolute Gasteiger partial charge is 0.497 e. The number of benzene rings is 1. The Morgan fingerprint density at radius 3 is 2.90 bits per heavy atom. The standard InChI is InChI=1S/C15H17N3O3/c1-8(13-14(19)18-15(16-2)21-13)11-7-17-12-5-4-9(20-3)6-10(11)12/h4-8,13,17H,1-3H3,(H,16,18,19). The van der Waals surface area contributed by atoms with E-state index in [1.54, 1.807) is 14.2 Å². The summed E-state index contributed by atoms with van der Waals surface area (Å²) in [6.07, 6.45) is 1.33. The molecule has 1 aromatic heterocycles. The summed E-state index contributed by atoms with van der Waals surface area (Å²) in [7, 11) is 3.22. The minimum atomic E-state index is -0.575. The normalized spacial score (nSPS) is 21.4. The van der Waals surface area contributed by atoms with Crippen molar-refractivity contribution in [2.45, 2.75) is 18.9 Å². The van der Waals surface area contributed by atoms with Crippen LogP contribution in [0.4, 0.5) is 0 Å². The van der Waals surface area contributed by atoms with Gasteiger partial charge in [0.25, 0.3) is 11.9 Å². The number of nitrogens with zero attached hydrogens (tertiary/aromatic N) is 1. The third-order valence-corrected chi connectivity index (χ3v) is 3.80. The number of hydrogen-bond donors (Lipinski definition) is 2. The molecule has 110 valence electrons. The van der Waals surface area contributed by atoms with E-state index in [0.717, 1.165) is 22.2 Å². The topological polar surface area (TPSA) is 75.7 Å². The summed E-state index contributed by atoms with van der Waals surface area (Å²) in [4.78, 5) is 19.1. The number of rotatable bonds is 3. The summed E-state index contributed by atoms with van der Waals surface area (Å²) in [5.41, 5.74) is 2.02. The van der Waals surface area contributed by atoms with Gasteiger partial charge >= 0.3 is 0 Å². The first-order chi connectivity index (χ1) is 10.1. The molecule has 21 heavy (non-hydrogen) atoms. The molecule has 1 saturated heterocycles. The fourth-order valence-electron chi connectivity index (χ4n) is 2.61. The van der Waals surface area contributed by atoms with Gasteiger partial charge in [-0.2, -0.15) is 0 Å². The molecule has 2 aromatic rings. The molecule has 1 amide bonds. The fourth-order valence-corrected chi connectivity index (χ4v) is 2.61. The quantitative estimate of drug-likeness (QED) is 0.903. The molecule has 2 unspecified atom stereocenters. The predicted octanol–water partition coefficient (Wildman–Crippen LogP) is 1.78. The number of amides is 1. The molecular weight excluding hydrogens is 270 g/mol. The van der Waals surface area contributed by atoms with Gasteiger partial charge in [0.05, 0.1) is 7.11 Å². The van der Waals surface area contributed by atoms with Crippen LogP contribution in [0, 0.1) is 0 Å². The highest BCUT2D eigenvalue weighted by atomic mass is 16.5. The van der Waals surface area contributed by atoms with E-state index in [1.807, 2.05) is 31.3 Å². The lowest BCUT2D eigenvalue weighted by Gasteiger charge is -2.15. The van der Waals surface area contributed by atoms with Crippen molar-refractivity contribution in [3.8, 4) is 5.75 Å². The van der Waals surface area contributed by atoms with Gasteiger partial charge in [0.1, 0.15) is 5.75 Å². The van der Waals surface area contributed by atoms with E-state index < -0.39 is 6.10 Å². The third-order valence-electron chi connectivity index (χ3n) is 3.80. The van der Waals surface area contributed by atoms with Crippen molar-refractivity contribution in [1.29, 1.82) is 0 Å². The molecule has 6 nitrogen and oxygen atoms in total. The van der Waals surface area contributed by atoms with E-state index in [0.29, 0.717) is 0 Å². The Morgan fingerprint density at radius 2 is 2.24 bits per heavy atom. The van der Waals surface area contributed by atoms with Crippen LogP contribution >= 0.6 is 0 Å². The molecule has 1 aromatic carbocycles. The van der Waals surface area contributed by atoms with Gasteiger partial charge in [0.2, 0.25) is 0 Å². The Kier molecular flexibility index (Phi) is 3.29. The molecule has 1 aliphatic rings. The predicted molar refractivity (Wildman–Crippen MR) is 79.6 cm³/mol. The number of carbonyl (C=O) groups is 1. The lowest BCUT2D eigenvalue weighted by atomic mass is 9.94. The van der Waals surface area contributed by atoms with Gasteiger partial charge in [-0.05, 0) is 23.8 Å². The number of carbonyl (C=O) groups excluding carboxylic acids is 1. The number of ether oxygens (including phenoxy) is 2. The number of nitrogens with one attached hydrogen (secondary N) is 2. The zero-order valence-electron chi connectivity index (χ0n) is 12.1. The smallest absolute Gasteiger partial charge is 0.292 e. The zero-order chi connectivity index (χ0) is 15.0. The molecule has 3 rings (SSSR count). The van der Waals surface area contributed by atoms with Gasteiger partial charge < -0.3 is 14.5 Å². The van der Waals surface area contributed by atoms with Crippen molar-refractivity contribution in [2.75, 3.05) is 14.2 Å². The fraction of sp³-hybridized carbons (Fsp3) is 0.333. The lowest BCUT2D eigenvalue weighted by molar-refractivity contribution is -0.124. The number of aliphatic imine (C=N–C) groups is 1. The number of aromatic amines is 1. The molecule has 1 fully saturated rings. The van der Waals surface area contributed by atoms with E-state index in [4.69, 9.17) is 9.47 Å². The summed E-state index contributed by atoms with van der Waals surface area (Å²) < 4.78 is 10.8. The van der Waals surface area contributed by atoms with Crippen LogP contribution < -0.4 is 10.1 Å². The highest BCUT2D eigenvalue weighted by Gasteiger charge is 2.36. The molecule has 0 bridgehead atoms. The molecular formula is C15H17N3O3. The molecule has 2 N–H and O–H groups in total. The van der Waals surface area contributed by atoms with E-state index in [1.165, 1.54) is 0 Å². The number of methoxy groups -OCH3 is 1. The van der Waals surface area contributed by atoms with Crippen LogP contribution in [0.3, 0.4) is 0 Å². The van der Waals surface area contributed by atoms with Crippen LogP contribution in [-0.2, 0) is 9.53 Å². The molecule has 0 aliphatic carbocycles. The maximum absolute atomic E-state index is 12.0. The Morgan fingerprint density at radius 1 is 1.43 bits per heavy atom. The third kappa shape index (κ3) is 2.22. The van der Waals surface area contributed by atoms with Crippen molar-refractivity contribution in [3.05, 3.63) is 30.0 Å². The summed E-state index contributed by atoms with van der Waals surface area (Å²) in [6.45, 7) is 1.96. The number of fused-ring (bicyclic) bond motifs is 1. The van der Waals surface area contributed by atoms with Gasteiger partial charge in [-0.15, -0.1) is 0 Å². The van der Waals surface area contributed by atoms with Crippen LogP contribution in [0.1, 0.15) is 18.4 Å². The Bertz CT molecular complexity index is 720. The van der Waals surface area contributed by atoms with E-state index in [9.17, 15) is 4.79 Å². The molecule has 2 heterocycles. The van der Waals surface area contributed by atoms with E-state index in [2.05, 4.69) is 15.3 Å². The first kappa shape index (κ1) is 13.5. The first-order valence-corrected chi connectivity index (χ1v) is 6.73. The van der Waals surface area contributed by atoms with E-state index in [-0.39, 0.29) is 17.8 Å². The highest BCUT2D eigenvalue weighted by molar-refractivity contribution is 6.02. The second-order valence-corrected chi connectivity index (χ2v) is 5.00. The maximum Gasteiger partial charge on any atom is 0.292 e. The SMILES string of the molecule is CN=C1NC(=O)C(C(C)c2c[nH]c3ccc(OC)cc23)O1. The number of H-pyrrole nitrogens is 1. The Balaban J connectivity index is 1.98. The Labute approximate surface area is 122 Å². The molecule has 6 heteroatoms. The van der Waals surface area contributed by atoms with Crippen molar-refractivity contribution in [1.82, 2.24) is 10.3 Å². The summed E-state index contributed by atoms with van der Waals surface area (Å²) in [6, 6.07) is 6.08. The molecule has 2 atom stereocenters. The van der Waals surface area contributed by atoms with Crippen LogP contribution in [-0.4, -0.2) is 37.2 Å². The average Bonchev–Trinajstić information content (AvgIpc) is 3.09. The molecule has 0 spiro atoms. The highest BCUT2D eigenvalue weighted by Crippen LogP contribution is 2.32. The maximum atomic E-state index is 12.0. The van der Waals surface area contributed by atoms with Gasteiger partial charge in [-0.25, -0.2) is 4.99 Å². The summed E-state index contributed by atoms with van der Waals surface area (Å²) in [5.74, 6) is 0.508. The summed E-state index contributed by atoms with van der Waals surface area (Å²) >= 11 is 0. The Hall–Kier alpha value is -2.50. The van der Waals surface area contributed by atoms with Crippen LogP contribution in [0.5, 0.6) is 5.75 Å². The molecule has 1 aliphatic heterocycles. The van der Waals surface area contributed by atoms with Gasteiger partial charge in [0, 0.05) is 30.1 Å². The summed E-state index contributed by atoms with van der Waals surface area (Å²) in [5, 5.41) is 3.65. The van der Waals surface area contributed by atoms with Gasteiger partial charge in [-0.1, -0.05) is 6.92 Å². The van der Waals surface area contributed by atoms with Crippen LogP contribution in [0.15, 0.2) is 29.4 Å². The van der Waals surface area contributed by atoms with Crippen LogP contribution in [0.2, 0.25) is 0 Å². The number of aromatic nitrogens is 1. The lowest BCUT2D eigenvalue weighted by Crippen LogP contribution is -2.28. The van der Waals surface area contributed by atoms with Crippen molar-refractivity contribution in [2.24, 2.45) is 4.99 Å². The van der Waals surface area contributed by atoms with Gasteiger partial charge in [0.15, 0.2) is 6.10 Å². The van der Waals surface area contributed by atoms with Crippen molar-refractivity contribution in [3.63, 3.8) is 0 Å².